The zero-order valence-electron chi connectivity index (χ0n) is 9.74. The number of halogens is 3. The Morgan fingerprint density at radius 3 is 2.22 bits per heavy atom. The van der Waals surface area contributed by atoms with Crippen molar-refractivity contribution in [1.29, 1.82) is 0 Å². The van der Waals surface area contributed by atoms with E-state index in [-0.39, 0.29) is 24.4 Å². The molecule has 3 nitrogen and oxygen atoms in total. The van der Waals surface area contributed by atoms with Gasteiger partial charge in [-0.1, -0.05) is 12.1 Å². The molecule has 1 amide bonds. The van der Waals surface area contributed by atoms with E-state index in [9.17, 15) is 18.0 Å². The first-order valence-electron chi connectivity index (χ1n) is 5.49. The number of nitrogens with two attached hydrogens (primary N) is 1. The quantitative estimate of drug-likeness (QED) is 0.836. The van der Waals surface area contributed by atoms with Crippen molar-refractivity contribution in [2.24, 2.45) is 5.73 Å². The van der Waals surface area contributed by atoms with Gasteiger partial charge in [0, 0.05) is 19.5 Å². The molecular weight excluding hydrogens is 245 g/mol. The zero-order valence-corrected chi connectivity index (χ0v) is 9.74. The van der Waals surface area contributed by atoms with Gasteiger partial charge in [-0.15, -0.1) is 0 Å². The van der Waals surface area contributed by atoms with Gasteiger partial charge in [0.05, 0.1) is 11.6 Å². The van der Waals surface area contributed by atoms with Crippen LogP contribution in [0.15, 0.2) is 24.3 Å². The average Bonchev–Trinajstić information content (AvgIpc) is 2.52. The minimum absolute atomic E-state index is 0.0904. The van der Waals surface area contributed by atoms with Crippen LogP contribution in [0.25, 0.3) is 0 Å². The number of alkyl halides is 3. The highest BCUT2D eigenvalue weighted by molar-refractivity contribution is 5.80. The van der Waals surface area contributed by atoms with Gasteiger partial charge in [-0.2, -0.15) is 13.2 Å². The van der Waals surface area contributed by atoms with E-state index >= 15 is 0 Å². The molecule has 0 unspecified atom stereocenters. The molecule has 98 valence electrons. The third-order valence-corrected chi connectivity index (χ3v) is 3.21. The second-order valence-electron chi connectivity index (χ2n) is 4.44. The second kappa shape index (κ2) is 4.28. The largest absolute Gasteiger partial charge is 0.416 e. The molecule has 1 fully saturated rings. The molecule has 0 saturated carbocycles. The van der Waals surface area contributed by atoms with E-state index in [4.69, 9.17) is 5.73 Å². The fraction of sp³-hybridized carbons (Fsp3) is 0.417. The van der Waals surface area contributed by atoms with Gasteiger partial charge in [-0.05, 0) is 17.7 Å². The number of amides is 1. The van der Waals surface area contributed by atoms with Crippen LogP contribution in [-0.4, -0.2) is 23.9 Å². The van der Waals surface area contributed by atoms with Gasteiger partial charge in [0.15, 0.2) is 0 Å². The topological polar surface area (TPSA) is 46.3 Å². The third-order valence-electron chi connectivity index (χ3n) is 3.21. The average molecular weight is 258 g/mol. The highest BCUT2D eigenvalue weighted by Gasteiger charge is 2.37. The van der Waals surface area contributed by atoms with Crippen LogP contribution in [0.3, 0.4) is 0 Å². The van der Waals surface area contributed by atoms with Crippen LogP contribution in [0.5, 0.6) is 0 Å². The number of hydrogen-bond donors (Lipinski definition) is 1. The van der Waals surface area contributed by atoms with Gasteiger partial charge in [-0.25, -0.2) is 0 Å². The first-order chi connectivity index (χ1) is 8.30. The normalized spacial score (nSPS) is 24.7. The van der Waals surface area contributed by atoms with Gasteiger partial charge >= 0.3 is 6.18 Å². The van der Waals surface area contributed by atoms with E-state index in [1.807, 2.05) is 0 Å². The van der Waals surface area contributed by atoms with Crippen molar-refractivity contribution in [3.63, 3.8) is 0 Å². The molecule has 1 aliphatic rings. The van der Waals surface area contributed by atoms with Crippen LogP contribution in [0.1, 0.15) is 23.6 Å². The zero-order chi connectivity index (χ0) is 13.5. The van der Waals surface area contributed by atoms with Crippen molar-refractivity contribution >= 4 is 5.91 Å². The Morgan fingerprint density at radius 1 is 1.28 bits per heavy atom. The highest BCUT2D eigenvalue weighted by Crippen LogP contribution is 2.33. The van der Waals surface area contributed by atoms with Crippen LogP contribution < -0.4 is 5.73 Å². The molecule has 0 bridgehead atoms. The molecule has 0 aromatic heterocycles. The van der Waals surface area contributed by atoms with Crippen molar-refractivity contribution < 1.29 is 18.0 Å². The van der Waals surface area contributed by atoms with E-state index in [0.29, 0.717) is 5.56 Å². The Hall–Kier alpha value is -1.56. The summed E-state index contributed by atoms with van der Waals surface area (Å²) in [7, 11) is 1.61. The summed E-state index contributed by atoms with van der Waals surface area (Å²) in [5.74, 6) is -0.0904. The minimum Gasteiger partial charge on any atom is -0.337 e. The molecule has 0 aliphatic carbocycles. The van der Waals surface area contributed by atoms with Crippen molar-refractivity contribution in [3.8, 4) is 0 Å². The lowest BCUT2D eigenvalue weighted by Gasteiger charge is -2.23. The molecule has 1 aromatic carbocycles. The van der Waals surface area contributed by atoms with E-state index in [2.05, 4.69) is 0 Å². The maximum absolute atomic E-state index is 12.4. The van der Waals surface area contributed by atoms with Crippen LogP contribution in [0, 0.1) is 0 Å². The Labute approximate surface area is 102 Å². The maximum atomic E-state index is 12.4. The first-order valence-corrected chi connectivity index (χ1v) is 5.49. The molecular formula is C12H13F3N2O. The Kier molecular flexibility index (Phi) is 3.06. The summed E-state index contributed by atoms with van der Waals surface area (Å²) >= 11 is 0. The van der Waals surface area contributed by atoms with Gasteiger partial charge in [0.2, 0.25) is 5.91 Å². The number of likely N-dealkylation sites (tertiary alicyclic amines) is 1. The molecule has 1 aliphatic heterocycles. The summed E-state index contributed by atoms with van der Waals surface area (Å²) in [6, 6.07) is 4.06. The lowest BCUT2D eigenvalue weighted by molar-refractivity contribution is -0.137. The van der Waals surface area contributed by atoms with Gasteiger partial charge in [0.1, 0.15) is 0 Å². The van der Waals surface area contributed by atoms with Gasteiger partial charge in [-0.3, -0.25) is 4.79 Å². The number of rotatable bonds is 1. The summed E-state index contributed by atoms with van der Waals surface area (Å²) in [6.45, 7) is 0. The molecule has 0 radical (unpaired) electrons. The summed E-state index contributed by atoms with van der Waals surface area (Å²) < 4.78 is 37.3. The maximum Gasteiger partial charge on any atom is 0.416 e. The van der Waals surface area contributed by atoms with E-state index in [0.717, 1.165) is 12.1 Å². The van der Waals surface area contributed by atoms with Crippen LogP contribution in [-0.2, 0) is 11.0 Å². The summed E-state index contributed by atoms with van der Waals surface area (Å²) in [6.07, 6.45) is -4.12. The Balaban J connectivity index is 2.28. The van der Waals surface area contributed by atoms with Crippen molar-refractivity contribution in [3.05, 3.63) is 35.4 Å². The number of likely N-dealkylation sites (N-methyl/N-ethyl adjacent to an activating group) is 1. The monoisotopic (exact) mass is 258 g/mol. The van der Waals surface area contributed by atoms with Crippen molar-refractivity contribution in [2.45, 2.75) is 24.7 Å². The molecule has 1 aromatic rings. The van der Waals surface area contributed by atoms with Gasteiger partial charge in [0.25, 0.3) is 0 Å². The molecule has 2 atom stereocenters. The predicted octanol–water partition coefficient (Wildman–Crippen LogP) is 1.94. The molecule has 18 heavy (non-hydrogen) atoms. The molecule has 1 heterocycles. The van der Waals surface area contributed by atoms with E-state index < -0.39 is 11.7 Å². The number of benzene rings is 1. The predicted molar refractivity (Wildman–Crippen MR) is 59.5 cm³/mol. The number of nitrogens with zero attached hydrogens (tertiary/aromatic N) is 1. The molecule has 2 rings (SSSR count). The first kappa shape index (κ1) is 12.9. The van der Waals surface area contributed by atoms with Crippen LogP contribution in [0.4, 0.5) is 13.2 Å². The van der Waals surface area contributed by atoms with Crippen LogP contribution in [0.2, 0.25) is 0 Å². The highest BCUT2D eigenvalue weighted by atomic mass is 19.4. The molecule has 0 spiro atoms. The fourth-order valence-electron chi connectivity index (χ4n) is 2.24. The van der Waals surface area contributed by atoms with Crippen molar-refractivity contribution in [1.82, 2.24) is 4.90 Å². The van der Waals surface area contributed by atoms with Crippen molar-refractivity contribution in [2.75, 3.05) is 7.05 Å². The fourth-order valence-corrected chi connectivity index (χ4v) is 2.24. The van der Waals surface area contributed by atoms with E-state index in [1.165, 1.54) is 17.0 Å². The number of carbonyl (C=O) groups excluding carboxylic acids is 1. The minimum atomic E-state index is -4.35. The number of hydrogen-bond acceptors (Lipinski definition) is 2. The Morgan fingerprint density at radius 2 is 1.83 bits per heavy atom. The SMILES string of the molecule is CN1C(=O)C[C@H](N)[C@H]1c1ccc(C(F)(F)F)cc1. The summed E-state index contributed by atoms with van der Waals surface area (Å²) in [5.41, 5.74) is 5.76. The second-order valence-corrected chi connectivity index (χ2v) is 4.44. The van der Waals surface area contributed by atoms with E-state index in [1.54, 1.807) is 7.05 Å². The molecule has 6 heteroatoms. The summed E-state index contributed by atoms with van der Waals surface area (Å²) in [4.78, 5) is 12.9. The lowest BCUT2D eigenvalue weighted by atomic mass is 9.99. The lowest BCUT2D eigenvalue weighted by Crippen LogP contribution is -2.30. The van der Waals surface area contributed by atoms with Crippen LogP contribution >= 0.6 is 0 Å². The number of carbonyl (C=O) groups is 1. The smallest absolute Gasteiger partial charge is 0.337 e. The molecule has 1 saturated heterocycles. The summed E-state index contributed by atoms with van der Waals surface area (Å²) in [5, 5.41) is 0. The van der Waals surface area contributed by atoms with Gasteiger partial charge < -0.3 is 10.6 Å². The standard InChI is InChI=1S/C12H13F3N2O/c1-17-10(18)6-9(16)11(17)7-2-4-8(5-3-7)12(13,14)15/h2-5,9,11H,6,16H2,1H3/t9-,11+/m0/s1. The Bertz CT molecular complexity index is 455. The third kappa shape index (κ3) is 2.20. The molecule has 2 N–H and O–H groups in total.